The molecule has 0 aliphatic carbocycles. The van der Waals surface area contributed by atoms with Gasteiger partial charge in [-0.25, -0.2) is 0 Å². The maximum Gasteiger partial charge on any atom is 0.0462 e. The smallest absolute Gasteiger partial charge is 0.0462 e. The summed E-state index contributed by atoms with van der Waals surface area (Å²) in [5.74, 6) is 0.797. The molecule has 0 aromatic heterocycles. The van der Waals surface area contributed by atoms with Crippen molar-refractivity contribution in [3.63, 3.8) is 0 Å². The Hall–Kier alpha value is 0.400. The molecule has 0 saturated carbocycles. The normalized spacial score (nSPS) is 29.4. The molecule has 0 amide bonds. The molecule has 1 fully saturated rings. The lowest BCUT2D eigenvalue weighted by Crippen LogP contribution is -2.40. The third-order valence-corrected chi connectivity index (χ3v) is 4.32. The average molecular weight is 264 g/mol. The van der Waals surface area contributed by atoms with E-state index < -0.39 is 0 Å². The van der Waals surface area contributed by atoms with Crippen molar-refractivity contribution in [2.75, 3.05) is 33.4 Å². The van der Waals surface area contributed by atoms with E-state index in [0.29, 0.717) is 0 Å². The monoisotopic (exact) mass is 263 g/mol. The maximum absolute atomic E-state index is 5.04. The standard InChI is InChI=1S/C11H22BrNO/c1-10-9-13(7-5-11(10)12)6-3-4-8-14-2/h10-11H,3-9H2,1-2H3. The van der Waals surface area contributed by atoms with Gasteiger partial charge in [0.05, 0.1) is 0 Å². The van der Waals surface area contributed by atoms with Crippen molar-refractivity contribution >= 4 is 15.9 Å². The Morgan fingerprint density at radius 3 is 2.86 bits per heavy atom. The largest absolute Gasteiger partial charge is 0.385 e. The van der Waals surface area contributed by atoms with Crippen LogP contribution in [-0.4, -0.2) is 43.1 Å². The number of rotatable bonds is 5. The minimum absolute atomic E-state index is 0.734. The Kier molecular flexibility index (Phi) is 6.06. The molecule has 0 bridgehead atoms. The number of halogens is 1. The first-order valence-corrected chi connectivity index (χ1v) is 6.51. The molecule has 1 heterocycles. The predicted octanol–water partition coefficient (Wildman–Crippen LogP) is 2.52. The fourth-order valence-electron chi connectivity index (χ4n) is 1.99. The van der Waals surface area contributed by atoms with Crippen LogP contribution < -0.4 is 0 Å². The molecule has 1 aliphatic rings. The molecule has 0 aromatic carbocycles. The van der Waals surface area contributed by atoms with E-state index in [1.165, 1.54) is 38.9 Å². The first-order valence-electron chi connectivity index (χ1n) is 5.59. The molecule has 1 saturated heterocycles. The van der Waals surface area contributed by atoms with Gasteiger partial charge in [-0.1, -0.05) is 22.9 Å². The minimum Gasteiger partial charge on any atom is -0.385 e. The molecular formula is C11H22BrNO. The maximum atomic E-state index is 5.04. The van der Waals surface area contributed by atoms with Gasteiger partial charge in [0, 0.05) is 25.1 Å². The van der Waals surface area contributed by atoms with Crippen LogP contribution in [0.25, 0.3) is 0 Å². The number of methoxy groups -OCH3 is 1. The fourth-order valence-corrected chi connectivity index (χ4v) is 2.36. The zero-order valence-electron chi connectivity index (χ0n) is 9.34. The number of ether oxygens (including phenoxy) is 1. The van der Waals surface area contributed by atoms with Gasteiger partial charge in [-0.2, -0.15) is 0 Å². The molecule has 14 heavy (non-hydrogen) atoms. The van der Waals surface area contributed by atoms with Crippen molar-refractivity contribution in [2.45, 2.75) is 31.0 Å². The van der Waals surface area contributed by atoms with Crippen molar-refractivity contribution in [3.8, 4) is 0 Å². The van der Waals surface area contributed by atoms with Gasteiger partial charge >= 0.3 is 0 Å². The lowest BCUT2D eigenvalue weighted by Gasteiger charge is -2.34. The van der Waals surface area contributed by atoms with Gasteiger partial charge in [-0.3, -0.25) is 0 Å². The zero-order chi connectivity index (χ0) is 10.4. The van der Waals surface area contributed by atoms with Gasteiger partial charge in [0.1, 0.15) is 0 Å². The van der Waals surface area contributed by atoms with Gasteiger partial charge in [-0.15, -0.1) is 0 Å². The van der Waals surface area contributed by atoms with Crippen molar-refractivity contribution < 1.29 is 4.74 Å². The van der Waals surface area contributed by atoms with E-state index in [-0.39, 0.29) is 0 Å². The van der Waals surface area contributed by atoms with Crippen LogP contribution in [0, 0.1) is 5.92 Å². The zero-order valence-corrected chi connectivity index (χ0v) is 10.9. The van der Waals surface area contributed by atoms with Crippen LogP contribution in [-0.2, 0) is 4.74 Å². The van der Waals surface area contributed by atoms with Crippen LogP contribution in [0.2, 0.25) is 0 Å². The van der Waals surface area contributed by atoms with Crippen molar-refractivity contribution in [1.82, 2.24) is 4.90 Å². The van der Waals surface area contributed by atoms with E-state index in [4.69, 9.17) is 4.74 Å². The second-order valence-electron chi connectivity index (χ2n) is 4.28. The highest BCUT2D eigenvalue weighted by atomic mass is 79.9. The Labute approximate surface area is 96.1 Å². The first kappa shape index (κ1) is 12.5. The highest BCUT2D eigenvalue weighted by Gasteiger charge is 2.22. The van der Waals surface area contributed by atoms with Crippen LogP contribution in [0.1, 0.15) is 26.2 Å². The molecule has 2 unspecified atom stereocenters. The number of unbranched alkanes of at least 4 members (excludes halogenated alkanes) is 1. The lowest BCUT2D eigenvalue weighted by atomic mass is 10.00. The van der Waals surface area contributed by atoms with E-state index in [9.17, 15) is 0 Å². The SMILES string of the molecule is COCCCCN1CCC(Br)C(C)C1. The number of hydrogen-bond donors (Lipinski definition) is 0. The molecule has 0 spiro atoms. The Balaban J connectivity index is 2.07. The van der Waals surface area contributed by atoms with Gasteiger partial charge in [0.2, 0.25) is 0 Å². The predicted molar refractivity (Wildman–Crippen MR) is 64.0 cm³/mol. The van der Waals surface area contributed by atoms with Crippen molar-refractivity contribution in [3.05, 3.63) is 0 Å². The summed E-state index contributed by atoms with van der Waals surface area (Å²) in [6, 6.07) is 0. The van der Waals surface area contributed by atoms with Crippen LogP contribution in [0.5, 0.6) is 0 Å². The third kappa shape index (κ3) is 4.28. The first-order chi connectivity index (χ1) is 6.74. The van der Waals surface area contributed by atoms with E-state index in [1.807, 2.05) is 0 Å². The number of nitrogens with zero attached hydrogens (tertiary/aromatic N) is 1. The van der Waals surface area contributed by atoms with E-state index in [2.05, 4.69) is 27.8 Å². The second kappa shape index (κ2) is 6.81. The minimum atomic E-state index is 0.734. The number of likely N-dealkylation sites (tertiary alicyclic amines) is 1. The highest BCUT2D eigenvalue weighted by Crippen LogP contribution is 2.23. The molecule has 1 aliphatic heterocycles. The summed E-state index contributed by atoms with van der Waals surface area (Å²) in [6.07, 6.45) is 3.76. The Morgan fingerprint density at radius 2 is 2.21 bits per heavy atom. The summed E-state index contributed by atoms with van der Waals surface area (Å²) in [5, 5.41) is 0. The molecule has 2 atom stereocenters. The summed E-state index contributed by atoms with van der Waals surface area (Å²) in [5.41, 5.74) is 0. The van der Waals surface area contributed by atoms with Crippen LogP contribution in [0.4, 0.5) is 0 Å². The van der Waals surface area contributed by atoms with Gasteiger partial charge in [0.15, 0.2) is 0 Å². The molecule has 84 valence electrons. The topological polar surface area (TPSA) is 12.5 Å². The molecule has 3 heteroatoms. The van der Waals surface area contributed by atoms with E-state index >= 15 is 0 Å². The summed E-state index contributed by atoms with van der Waals surface area (Å²) in [6.45, 7) is 6.99. The molecule has 2 nitrogen and oxygen atoms in total. The van der Waals surface area contributed by atoms with Gasteiger partial charge in [0.25, 0.3) is 0 Å². The van der Waals surface area contributed by atoms with Crippen molar-refractivity contribution in [2.24, 2.45) is 5.92 Å². The van der Waals surface area contributed by atoms with Crippen molar-refractivity contribution in [1.29, 1.82) is 0 Å². The Bertz CT molecular complexity index is 154. The number of alkyl halides is 1. The van der Waals surface area contributed by atoms with Crippen LogP contribution >= 0.6 is 15.9 Å². The summed E-state index contributed by atoms with van der Waals surface area (Å²) < 4.78 is 5.04. The van der Waals surface area contributed by atoms with E-state index in [1.54, 1.807) is 7.11 Å². The lowest BCUT2D eigenvalue weighted by molar-refractivity contribution is 0.165. The molecule has 1 rings (SSSR count). The quantitative estimate of drug-likeness (QED) is 0.559. The molecule has 0 aromatic rings. The second-order valence-corrected chi connectivity index (χ2v) is 5.46. The summed E-state index contributed by atoms with van der Waals surface area (Å²) in [7, 11) is 1.78. The molecule has 0 radical (unpaired) electrons. The van der Waals surface area contributed by atoms with Crippen LogP contribution in [0.3, 0.4) is 0 Å². The Morgan fingerprint density at radius 1 is 1.43 bits per heavy atom. The number of piperidine rings is 1. The highest BCUT2D eigenvalue weighted by molar-refractivity contribution is 9.09. The third-order valence-electron chi connectivity index (χ3n) is 2.96. The van der Waals surface area contributed by atoms with Gasteiger partial charge in [-0.05, 0) is 38.3 Å². The molecular weight excluding hydrogens is 242 g/mol. The van der Waals surface area contributed by atoms with Gasteiger partial charge < -0.3 is 9.64 Å². The average Bonchev–Trinajstić information content (AvgIpc) is 2.18. The summed E-state index contributed by atoms with van der Waals surface area (Å²) in [4.78, 5) is 3.32. The van der Waals surface area contributed by atoms with E-state index in [0.717, 1.165) is 17.4 Å². The molecule has 0 N–H and O–H groups in total. The van der Waals surface area contributed by atoms with Crippen LogP contribution in [0.15, 0.2) is 0 Å². The number of hydrogen-bond acceptors (Lipinski definition) is 2. The fraction of sp³-hybridized carbons (Fsp3) is 1.00. The summed E-state index contributed by atoms with van der Waals surface area (Å²) >= 11 is 3.73.